The first-order valence-electron chi connectivity index (χ1n) is 6.10. The molecule has 108 valence electrons. The van der Waals surface area contributed by atoms with Crippen molar-refractivity contribution < 1.29 is 14.9 Å². The Hall–Kier alpha value is -1.48. The van der Waals surface area contributed by atoms with Crippen LogP contribution >= 0.6 is 11.6 Å². The molecular weight excluding hydrogens is 287 g/mol. The van der Waals surface area contributed by atoms with E-state index in [9.17, 15) is 10.2 Å². The molecule has 0 bridgehead atoms. The molecule has 2 aromatic heterocycles. The molecule has 0 aliphatic carbocycles. The Kier molecular flexibility index (Phi) is 3.47. The summed E-state index contributed by atoms with van der Waals surface area (Å²) in [5.41, 5.74) is 1.07. The minimum atomic E-state index is -1.09. The van der Waals surface area contributed by atoms with Gasteiger partial charge in [0.15, 0.2) is 17.7 Å². The van der Waals surface area contributed by atoms with Gasteiger partial charge in [-0.25, -0.2) is 15.0 Å². The minimum absolute atomic E-state index is 0.0953. The number of nitrogens with one attached hydrogen (secondary N) is 1. The first-order chi connectivity index (χ1) is 9.67. The number of alkyl halides is 1. The molecule has 1 aliphatic rings. The molecule has 0 aromatic carbocycles. The Morgan fingerprint density at radius 2 is 2.15 bits per heavy atom. The van der Waals surface area contributed by atoms with Gasteiger partial charge in [0, 0.05) is 7.05 Å². The molecule has 4 atom stereocenters. The summed E-state index contributed by atoms with van der Waals surface area (Å²) < 4.78 is 7.14. The van der Waals surface area contributed by atoms with Crippen LogP contribution in [0, 0.1) is 0 Å². The SMILES string of the molecule is CNc1ncnc2c1ncn2[C@@H]1O[C@H]([13CH2]Cl)[C@@H](O)[C@H]1O. The molecule has 1 saturated heterocycles. The van der Waals surface area contributed by atoms with Gasteiger partial charge in [0.05, 0.1) is 12.2 Å². The number of aliphatic hydroxyl groups is 2. The van der Waals surface area contributed by atoms with E-state index in [1.807, 2.05) is 0 Å². The highest BCUT2D eigenvalue weighted by Gasteiger charge is 2.43. The Morgan fingerprint density at radius 3 is 2.80 bits per heavy atom. The van der Waals surface area contributed by atoms with E-state index >= 15 is 0 Å². The topological polar surface area (TPSA) is 105 Å². The van der Waals surface area contributed by atoms with E-state index in [1.54, 1.807) is 11.6 Å². The van der Waals surface area contributed by atoms with Crippen molar-refractivity contribution >= 4 is 28.6 Å². The highest BCUT2D eigenvalue weighted by Crippen LogP contribution is 2.32. The summed E-state index contributed by atoms with van der Waals surface area (Å²) in [4.78, 5) is 12.4. The van der Waals surface area contributed by atoms with Crippen LogP contribution in [0.1, 0.15) is 6.23 Å². The highest BCUT2D eigenvalue weighted by molar-refractivity contribution is 6.18. The van der Waals surface area contributed by atoms with Crippen LogP contribution in [0.4, 0.5) is 5.82 Å². The Morgan fingerprint density at radius 1 is 1.35 bits per heavy atom. The molecule has 3 N–H and O–H groups in total. The molecule has 2 aromatic rings. The molecule has 1 aliphatic heterocycles. The van der Waals surface area contributed by atoms with Crippen LogP contribution < -0.4 is 5.32 Å². The molecule has 9 heteroatoms. The summed E-state index contributed by atoms with van der Waals surface area (Å²) in [6, 6.07) is 0. The quantitative estimate of drug-likeness (QED) is 0.529. The predicted molar refractivity (Wildman–Crippen MR) is 71.5 cm³/mol. The van der Waals surface area contributed by atoms with Crippen LogP contribution in [0.25, 0.3) is 11.2 Å². The number of fused-ring (bicyclic) bond motifs is 1. The summed E-state index contributed by atoms with van der Waals surface area (Å²) >= 11 is 5.70. The summed E-state index contributed by atoms with van der Waals surface area (Å²) in [6.45, 7) is 0. The molecule has 0 amide bonds. The molecule has 1 fully saturated rings. The summed E-state index contributed by atoms with van der Waals surface area (Å²) in [7, 11) is 1.73. The maximum atomic E-state index is 10.1. The summed E-state index contributed by atoms with van der Waals surface area (Å²) in [5, 5.41) is 22.8. The fourth-order valence-corrected chi connectivity index (χ4v) is 2.56. The average molecular weight is 301 g/mol. The van der Waals surface area contributed by atoms with Crippen LogP contribution in [0.15, 0.2) is 12.7 Å². The number of hydrogen-bond acceptors (Lipinski definition) is 7. The lowest BCUT2D eigenvalue weighted by Gasteiger charge is -2.16. The van der Waals surface area contributed by atoms with Gasteiger partial charge in [-0.1, -0.05) is 0 Å². The zero-order valence-corrected chi connectivity index (χ0v) is 11.4. The van der Waals surface area contributed by atoms with Crippen LogP contribution in [0.2, 0.25) is 0 Å². The third-order valence-electron chi connectivity index (χ3n) is 3.36. The van der Waals surface area contributed by atoms with Crippen molar-refractivity contribution in [1.29, 1.82) is 0 Å². The Labute approximate surface area is 119 Å². The van der Waals surface area contributed by atoms with Crippen molar-refractivity contribution in [1.82, 2.24) is 19.5 Å². The zero-order chi connectivity index (χ0) is 14.3. The van der Waals surface area contributed by atoms with Crippen LogP contribution in [0.3, 0.4) is 0 Å². The van der Waals surface area contributed by atoms with Crippen LogP contribution in [-0.2, 0) is 4.74 Å². The van der Waals surface area contributed by atoms with Gasteiger partial charge in [0.25, 0.3) is 0 Å². The number of aromatic nitrogens is 4. The minimum Gasteiger partial charge on any atom is -0.387 e. The standard InChI is InChI=1S/C11H14ClN5O3/c1-13-9-6-10(15-3-14-9)17(4-16-6)11-8(19)7(18)5(2-12)20-11/h3-5,7-8,11,18-19H,2H2,1H3,(H,13,14,15)/t5-,7-,8-,11-/m1/s1/i2+1. The second-order valence-electron chi connectivity index (χ2n) is 4.50. The van der Waals surface area contributed by atoms with Crippen LogP contribution in [0.5, 0.6) is 0 Å². The lowest BCUT2D eigenvalue weighted by atomic mass is 10.2. The number of halogens is 1. The number of anilines is 1. The van der Waals surface area contributed by atoms with Crippen molar-refractivity contribution in [3.8, 4) is 0 Å². The molecule has 0 unspecified atom stereocenters. The largest absolute Gasteiger partial charge is 0.387 e. The lowest BCUT2D eigenvalue weighted by Crippen LogP contribution is -2.32. The van der Waals surface area contributed by atoms with Crippen molar-refractivity contribution in [2.45, 2.75) is 24.5 Å². The molecule has 0 radical (unpaired) electrons. The molecule has 8 nitrogen and oxygen atoms in total. The van der Waals surface area contributed by atoms with E-state index in [4.69, 9.17) is 16.3 Å². The van der Waals surface area contributed by atoms with Gasteiger partial charge in [-0.2, -0.15) is 0 Å². The van der Waals surface area contributed by atoms with E-state index in [2.05, 4.69) is 20.3 Å². The normalized spacial score (nSPS) is 30.0. The van der Waals surface area contributed by atoms with Crippen LogP contribution in [-0.4, -0.2) is 61.0 Å². The number of hydrogen-bond donors (Lipinski definition) is 3. The summed E-state index contributed by atoms with van der Waals surface area (Å²) in [6.07, 6.45) is -0.650. The van der Waals surface area contributed by atoms with Gasteiger partial charge in [0.2, 0.25) is 0 Å². The molecule has 3 rings (SSSR count). The molecule has 3 heterocycles. The van der Waals surface area contributed by atoms with Gasteiger partial charge < -0.3 is 20.3 Å². The fourth-order valence-electron chi connectivity index (χ4n) is 2.31. The smallest absolute Gasteiger partial charge is 0.167 e. The Balaban J connectivity index is 2.03. The van der Waals surface area contributed by atoms with Crippen molar-refractivity contribution in [2.24, 2.45) is 0 Å². The van der Waals surface area contributed by atoms with E-state index in [1.165, 1.54) is 12.7 Å². The van der Waals surface area contributed by atoms with Crippen molar-refractivity contribution in [2.75, 3.05) is 18.2 Å². The monoisotopic (exact) mass is 300 g/mol. The third kappa shape index (κ3) is 1.92. The maximum Gasteiger partial charge on any atom is 0.167 e. The predicted octanol–water partition coefficient (Wildman–Crippen LogP) is -0.274. The second kappa shape index (κ2) is 5.13. The van der Waals surface area contributed by atoms with E-state index in [0.717, 1.165) is 0 Å². The number of ether oxygens (including phenoxy) is 1. The van der Waals surface area contributed by atoms with Gasteiger partial charge >= 0.3 is 0 Å². The second-order valence-corrected chi connectivity index (χ2v) is 4.81. The van der Waals surface area contributed by atoms with Gasteiger partial charge in [-0.15, -0.1) is 11.6 Å². The summed E-state index contributed by atoms with van der Waals surface area (Å²) in [5.74, 6) is 0.675. The number of rotatable bonds is 3. The van der Waals surface area contributed by atoms with Crippen molar-refractivity contribution in [3.05, 3.63) is 12.7 Å². The first kappa shape index (κ1) is 13.5. The van der Waals surface area contributed by atoms with Gasteiger partial charge in [-0.3, -0.25) is 4.57 Å². The number of imidazole rings is 1. The molecule has 0 saturated carbocycles. The maximum absolute atomic E-state index is 10.1. The van der Waals surface area contributed by atoms with Gasteiger partial charge in [-0.05, 0) is 0 Å². The molecular formula is C11H14ClN5O3. The number of aliphatic hydroxyl groups excluding tert-OH is 2. The van der Waals surface area contributed by atoms with Gasteiger partial charge in [0.1, 0.15) is 30.2 Å². The number of nitrogens with zero attached hydrogens (tertiary/aromatic N) is 4. The van der Waals surface area contributed by atoms with E-state index in [0.29, 0.717) is 17.0 Å². The molecule has 0 spiro atoms. The highest BCUT2D eigenvalue weighted by atomic mass is 35.5. The average Bonchev–Trinajstić information content (AvgIpc) is 3.01. The van der Waals surface area contributed by atoms with E-state index in [-0.39, 0.29) is 5.88 Å². The van der Waals surface area contributed by atoms with Crippen molar-refractivity contribution in [3.63, 3.8) is 0 Å². The first-order valence-corrected chi connectivity index (χ1v) is 6.63. The zero-order valence-electron chi connectivity index (χ0n) is 10.6. The van der Waals surface area contributed by atoms with E-state index < -0.39 is 24.5 Å². The fraction of sp³-hybridized carbons (Fsp3) is 0.545. The Bertz CT molecular complexity index is 621. The molecule has 20 heavy (non-hydrogen) atoms. The lowest BCUT2D eigenvalue weighted by molar-refractivity contribution is -0.0291. The third-order valence-corrected chi connectivity index (χ3v) is 3.66.